The van der Waals surface area contributed by atoms with Crippen molar-refractivity contribution in [1.29, 1.82) is 0 Å². The largest absolute Gasteiger partial charge is 0.493 e. The van der Waals surface area contributed by atoms with Crippen molar-refractivity contribution < 1.29 is 22.7 Å². The first-order valence-electron chi connectivity index (χ1n) is 7.61. The molecule has 0 spiro atoms. The van der Waals surface area contributed by atoms with Crippen LogP contribution in [0, 0.1) is 0 Å². The van der Waals surface area contributed by atoms with Crippen molar-refractivity contribution >= 4 is 27.3 Å². The van der Waals surface area contributed by atoms with Crippen LogP contribution in [0.1, 0.15) is 6.42 Å². The predicted octanol–water partition coefficient (Wildman–Crippen LogP) is 2.24. The Labute approximate surface area is 146 Å². The molecule has 2 aromatic rings. The van der Waals surface area contributed by atoms with E-state index in [2.05, 4.69) is 5.32 Å². The minimum atomic E-state index is -3.87. The lowest BCUT2D eigenvalue weighted by molar-refractivity contribution is -0.115. The number of nitrogens with zero attached hydrogens (tertiary/aromatic N) is 1. The van der Waals surface area contributed by atoms with Gasteiger partial charge in [-0.15, -0.1) is 0 Å². The van der Waals surface area contributed by atoms with Crippen LogP contribution in [0.4, 0.5) is 11.4 Å². The molecule has 25 heavy (non-hydrogen) atoms. The Bertz CT molecular complexity index is 911. The van der Waals surface area contributed by atoms with Crippen LogP contribution < -0.4 is 19.1 Å². The lowest BCUT2D eigenvalue weighted by Gasteiger charge is -2.24. The second kappa shape index (κ2) is 6.64. The highest BCUT2D eigenvalue weighted by molar-refractivity contribution is 7.92. The maximum atomic E-state index is 13.2. The summed E-state index contributed by atoms with van der Waals surface area (Å²) in [6, 6.07) is 11.2. The lowest BCUT2D eigenvalue weighted by atomic mass is 10.2. The first kappa shape index (κ1) is 17.1. The zero-order chi connectivity index (χ0) is 18.0. The average molecular weight is 362 g/mol. The molecular weight excluding hydrogens is 344 g/mol. The Hall–Kier alpha value is -2.74. The molecule has 3 rings (SSSR count). The number of rotatable bonds is 4. The number of para-hydroxylation sites is 2. The van der Waals surface area contributed by atoms with Gasteiger partial charge in [0.2, 0.25) is 5.91 Å². The highest BCUT2D eigenvalue weighted by atomic mass is 32.2. The molecule has 2 aromatic carbocycles. The number of amides is 1. The van der Waals surface area contributed by atoms with E-state index in [9.17, 15) is 13.2 Å². The summed E-state index contributed by atoms with van der Waals surface area (Å²) in [6.07, 6.45) is 0.0706. The van der Waals surface area contributed by atoms with Gasteiger partial charge in [0, 0.05) is 19.0 Å². The molecule has 1 heterocycles. The number of sulfonamides is 1. The van der Waals surface area contributed by atoms with Gasteiger partial charge in [0.15, 0.2) is 11.5 Å². The van der Waals surface area contributed by atoms with E-state index in [0.29, 0.717) is 22.9 Å². The van der Waals surface area contributed by atoms with Crippen molar-refractivity contribution in [2.45, 2.75) is 11.3 Å². The summed E-state index contributed by atoms with van der Waals surface area (Å²) < 4.78 is 37.9. The van der Waals surface area contributed by atoms with Gasteiger partial charge in [0.1, 0.15) is 0 Å². The fraction of sp³-hybridized carbons (Fsp3) is 0.235. The van der Waals surface area contributed by atoms with Gasteiger partial charge < -0.3 is 14.8 Å². The summed E-state index contributed by atoms with van der Waals surface area (Å²) in [5, 5.41) is 2.73. The second-order valence-corrected chi connectivity index (χ2v) is 7.27. The molecule has 1 aliphatic rings. The van der Waals surface area contributed by atoms with Crippen LogP contribution in [0.15, 0.2) is 47.4 Å². The topological polar surface area (TPSA) is 84.9 Å². The Kier molecular flexibility index (Phi) is 4.54. The molecular formula is C17H18N2O5S. The molecule has 132 valence electrons. The van der Waals surface area contributed by atoms with Gasteiger partial charge in [-0.2, -0.15) is 0 Å². The van der Waals surface area contributed by atoms with Crippen LogP contribution >= 0.6 is 0 Å². The number of ether oxygens (including phenoxy) is 2. The first-order chi connectivity index (χ1) is 12.0. The van der Waals surface area contributed by atoms with Gasteiger partial charge in [-0.25, -0.2) is 8.42 Å². The highest BCUT2D eigenvalue weighted by Crippen LogP contribution is 2.35. The second-order valence-electron chi connectivity index (χ2n) is 5.41. The van der Waals surface area contributed by atoms with Crippen molar-refractivity contribution in [2.24, 2.45) is 0 Å². The van der Waals surface area contributed by atoms with E-state index in [0.717, 1.165) is 0 Å². The molecule has 8 heteroatoms. The third-order valence-corrected chi connectivity index (χ3v) is 5.74. The number of fused-ring (bicyclic) bond motifs is 1. The maximum absolute atomic E-state index is 13.2. The van der Waals surface area contributed by atoms with Crippen molar-refractivity contribution in [2.75, 3.05) is 30.4 Å². The smallest absolute Gasteiger partial charge is 0.264 e. The fourth-order valence-electron chi connectivity index (χ4n) is 2.69. The van der Waals surface area contributed by atoms with E-state index in [1.165, 1.54) is 30.7 Å². The summed E-state index contributed by atoms with van der Waals surface area (Å²) in [4.78, 5) is 11.9. The number of methoxy groups -OCH3 is 2. The number of hydrogen-bond donors (Lipinski definition) is 1. The van der Waals surface area contributed by atoms with E-state index in [1.54, 1.807) is 30.3 Å². The average Bonchev–Trinajstić information content (AvgIpc) is 2.79. The van der Waals surface area contributed by atoms with E-state index in [4.69, 9.17) is 9.47 Å². The number of hydrogen-bond acceptors (Lipinski definition) is 5. The predicted molar refractivity (Wildman–Crippen MR) is 93.8 cm³/mol. The van der Waals surface area contributed by atoms with Crippen LogP contribution in [-0.4, -0.2) is 35.1 Å². The van der Waals surface area contributed by atoms with E-state index in [1.807, 2.05) is 0 Å². The highest BCUT2D eigenvalue weighted by Gasteiger charge is 2.30. The van der Waals surface area contributed by atoms with Gasteiger partial charge in [-0.3, -0.25) is 9.10 Å². The third kappa shape index (κ3) is 3.12. The summed E-state index contributed by atoms with van der Waals surface area (Å²) in [5.41, 5.74) is 0.900. The number of nitrogens with one attached hydrogen (secondary N) is 1. The summed E-state index contributed by atoms with van der Waals surface area (Å²) in [6.45, 7) is 0.0551. The number of carbonyl (C=O) groups is 1. The Morgan fingerprint density at radius 3 is 2.48 bits per heavy atom. The molecule has 0 aromatic heterocycles. The molecule has 0 fully saturated rings. The third-order valence-electron chi connectivity index (χ3n) is 3.93. The monoisotopic (exact) mass is 362 g/mol. The van der Waals surface area contributed by atoms with Gasteiger partial charge in [-0.1, -0.05) is 12.1 Å². The molecule has 0 bridgehead atoms. The van der Waals surface area contributed by atoms with Gasteiger partial charge in [-0.05, 0) is 24.3 Å². The Balaban J connectivity index is 2.10. The molecule has 0 aliphatic carbocycles. The molecule has 0 radical (unpaired) electrons. The summed E-state index contributed by atoms with van der Waals surface area (Å²) in [5.74, 6) is 0.535. The Morgan fingerprint density at radius 1 is 1.04 bits per heavy atom. The van der Waals surface area contributed by atoms with E-state index >= 15 is 0 Å². The van der Waals surface area contributed by atoms with Crippen LogP contribution in [0.2, 0.25) is 0 Å². The molecule has 0 saturated heterocycles. The molecule has 1 N–H and O–H groups in total. The van der Waals surface area contributed by atoms with Crippen LogP contribution in [0.5, 0.6) is 11.5 Å². The van der Waals surface area contributed by atoms with Gasteiger partial charge in [0.05, 0.1) is 30.5 Å². The zero-order valence-corrected chi connectivity index (χ0v) is 14.7. The Morgan fingerprint density at radius 2 is 1.76 bits per heavy atom. The van der Waals surface area contributed by atoms with Crippen LogP contribution in [-0.2, 0) is 14.8 Å². The van der Waals surface area contributed by atoms with Crippen LogP contribution in [0.3, 0.4) is 0 Å². The standard InChI is InChI=1S/C17H18N2O5S/c1-23-15-8-7-12(11-16(15)24-2)25(21,22)19-10-9-17(20)18-13-5-3-4-6-14(13)19/h3-8,11H,9-10H2,1-2H3,(H,18,20). The van der Waals surface area contributed by atoms with Crippen molar-refractivity contribution in [1.82, 2.24) is 0 Å². The lowest BCUT2D eigenvalue weighted by Crippen LogP contribution is -2.32. The van der Waals surface area contributed by atoms with Gasteiger partial charge in [0.25, 0.3) is 10.0 Å². The molecule has 0 unspecified atom stereocenters. The van der Waals surface area contributed by atoms with Crippen molar-refractivity contribution in [3.63, 3.8) is 0 Å². The number of carbonyl (C=O) groups excluding carboxylic acids is 1. The molecule has 0 atom stereocenters. The van der Waals surface area contributed by atoms with E-state index in [-0.39, 0.29) is 23.8 Å². The molecule has 7 nitrogen and oxygen atoms in total. The van der Waals surface area contributed by atoms with E-state index < -0.39 is 10.0 Å². The quantitative estimate of drug-likeness (QED) is 0.902. The fourth-order valence-corrected chi connectivity index (χ4v) is 4.19. The molecule has 0 saturated carbocycles. The number of anilines is 2. The minimum Gasteiger partial charge on any atom is -0.493 e. The summed E-state index contributed by atoms with van der Waals surface area (Å²) >= 11 is 0. The zero-order valence-electron chi connectivity index (χ0n) is 13.9. The van der Waals surface area contributed by atoms with Crippen LogP contribution in [0.25, 0.3) is 0 Å². The summed E-state index contributed by atoms with van der Waals surface area (Å²) in [7, 11) is -0.951. The van der Waals surface area contributed by atoms with Gasteiger partial charge >= 0.3 is 0 Å². The minimum absolute atomic E-state index is 0.0551. The van der Waals surface area contributed by atoms with Crippen molar-refractivity contribution in [3.8, 4) is 11.5 Å². The molecule has 1 amide bonds. The molecule has 1 aliphatic heterocycles. The van der Waals surface area contributed by atoms with Crippen molar-refractivity contribution in [3.05, 3.63) is 42.5 Å². The normalized spacial score (nSPS) is 14.3. The number of benzene rings is 2. The first-order valence-corrected chi connectivity index (χ1v) is 9.05. The SMILES string of the molecule is COc1ccc(S(=O)(=O)N2CCC(=O)Nc3ccccc32)cc1OC. The maximum Gasteiger partial charge on any atom is 0.264 e.